The first kappa shape index (κ1) is 22.2. The van der Waals surface area contributed by atoms with Crippen molar-refractivity contribution in [2.45, 2.75) is 0 Å². The van der Waals surface area contributed by atoms with E-state index in [-0.39, 0.29) is 0 Å². The molecule has 0 spiro atoms. The van der Waals surface area contributed by atoms with E-state index in [1.54, 1.807) is 22.7 Å². The van der Waals surface area contributed by atoms with Crippen LogP contribution in [-0.4, -0.2) is 9.97 Å². The highest BCUT2D eigenvalue weighted by atomic mass is 32.1. The lowest BCUT2D eigenvalue weighted by Gasteiger charge is -2.15. The summed E-state index contributed by atoms with van der Waals surface area (Å²) in [6.07, 6.45) is 7.53. The standard InChI is InChI=1S/C36H20N2S2/c1-7-37-8-2-21(1)27-16-25-13-26-17-28(22-3-9-38-10-4-22)32-15-24-6-12-40-36(24)20-34(32)30(26)18-29(25)33-19-35-23(5-11-39-35)14-31(27)33/h1-20H. The first-order valence-corrected chi connectivity index (χ1v) is 15.0. The van der Waals surface area contributed by atoms with Crippen molar-refractivity contribution in [1.82, 2.24) is 9.97 Å². The molecule has 4 heteroatoms. The summed E-state index contributed by atoms with van der Waals surface area (Å²) in [7, 11) is 0. The van der Waals surface area contributed by atoms with Gasteiger partial charge < -0.3 is 0 Å². The fourth-order valence-electron chi connectivity index (χ4n) is 6.26. The zero-order valence-corrected chi connectivity index (χ0v) is 22.9. The first-order chi connectivity index (χ1) is 19.8. The summed E-state index contributed by atoms with van der Waals surface area (Å²) in [4.78, 5) is 8.56. The van der Waals surface area contributed by atoms with Gasteiger partial charge in [0.25, 0.3) is 0 Å². The quantitative estimate of drug-likeness (QED) is 0.160. The van der Waals surface area contributed by atoms with Crippen molar-refractivity contribution in [2.24, 2.45) is 0 Å². The smallest absolute Gasteiger partial charge is 0.0349 e. The molecule has 0 aliphatic carbocycles. The third kappa shape index (κ3) is 3.27. The highest BCUT2D eigenvalue weighted by molar-refractivity contribution is 7.17. The molecule has 0 saturated heterocycles. The van der Waals surface area contributed by atoms with Crippen LogP contribution in [0.25, 0.3) is 85.5 Å². The molecular weight excluding hydrogens is 525 g/mol. The van der Waals surface area contributed by atoms with E-state index in [4.69, 9.17) is 0 Å². The fourth-order valence-corrected chi connectivity index (χ4v) is 7.88. The topological polar surface area (TPSA) is 25.8 Å². The van der Waals surface area contributed by atoms with Gasteiger partial charge >= 0.3 is 0 Å². The Kier molecular flexibility index (Phi) is 4.68. The van der Waals surface area contributed by atoms with Crippen LogP contribution in [0.5, 0.6) is 0 Å². The molecule has 9 rings (SSSR count). The van der Waals surface area contributed by atoms with E-state index in [0.717, 1.165) is 0 Å². The minimum atomic E-state index is 1.19. The molecule has 4 aromatic heterocycles. The first-order valence-electron chi connectivity index (χ1n) is 13.3. The van der Waals surface area contributed by atoms with E-state index in [0.29, 0.717) is 0 Å². The van der Waals surface area contributed by atoms with Gasteiger partial charge in [-0.05, 0) is 172 Å². The van der Waals surface area contributed by atoms with Crippen LogP contribution in [0, 0.1) is 0 Å². The number of hydrogen-bond acceptors (Lipinski definition) is 4. The summed E-state index contributed by atoms with van der Waals surface area (Å²) in [5.41, 5.74) is 4.86. The Morgan fingerprint density at radius 2 is 0.850 bits per heavy atom. The molecule has 0 unspecified atom stereocenters. The van der Waals surface area contributed by atoms with Gasteiger partial charge in [0.1, 0.15) is 0 Å². The molecule has 0 fully saturated rings. The van der Waals surface area contributed by atoms with Gasteiger partial charge in [0.15, 0.2) is 0 Å². The maximum atomic E-state index is 4.28. The Morgan fingerprint density at radius 3 is 1.32 bits per heavy atom. The second-order valence-electron chi connectivity index (χ2n) is 10.3. The molecule has 5 aromatic carbocycles. The van der Waals surface area contributed by atoms with Crippen molar-refractivity contribution in [3.05, 3.63) is 120 Å². The second kappa shape index (κ2) is 8.43. The van der Waals surface area contributed by atoms with Crippen LogP contribution in [0.2, 0.25) is 0 Å². The van der Waals surface area contributed by atoms with Gasteiger partial charge in [-0.25, -0.2) is 0 Å². The summed E-state index contributed by atoms with van der Waals surface area (Å²) < 4.78 is 2.64. The van der Waals surface area contributed by atoms with Crippen molar-refractivity contribution in [3.8, 4) is 22.3 Å². The van der Waals surface area contributed by atoms with Crippen molar-refractivity contribution in [1.29, 1.82) is 0 Å². The number of benzene rings is 5. The lowest BCUT2D eigenvalue weighted by atomic mass is 9.88. The van der Waals surface area contributed by atoms with Crippen LogP contribution in [0.4, 0.5) is 0 Å². The Labute approximate surface area is 237 Å². The second-order valence-corrected chi connectivity index (χ2v) is 12.2. The van der Waals surface area contributed by atoms with Gasteiger partial charge in [-0.1, -0.05) is 0 Å². The van der Waals surface area contributed by atoms with Crippen LogP contribution in [-0.2, 0) is 0 Å². The van der Waals surface area contributed by atoms with Gasteiger partial charge in [-0.2, -0.15) is 0 Å². The molecule has 0 amide bonds. The van der Waals surface area contributed by atoms with Gasteiger partial charge in [-0.15, -0.1) is 22.7 Å². The molecule has 4 heterocycles. The van der Waals surface area contributed by atoms with E-state index in [1.165, 1.54) is 85.5 Å². The van der Waals surface area contributed by atoms with Crippen molar-refractivity contribution in [3.63, 3.8) is 0 Å². The number of thiophene rings is 2. The largest absolute Gasteiger partial charge is 0.265 e. The highest BCUT2D eigenvalue weighted by Gasteiger charge is 2.15. The summed E-state index contributed by atoms with van der Waals surface area (Å²) in [5, 5.41) is 17.2. The van der Waals surface area contributed by atoms with Gasteiger partial charge in [0, 0.05) is 34.2 Å². The lowest BCUT2D eigenvalue weighted by Crippen LogP contribution is -1.89. The molecule has 0 aliphatic heterocycles. The summed E-state index contributed by atoms with van der Waals surface area (Å²) in [6.45, 7) is 0. The number of aromatic nitrogens is 2. The van der Waals surface area contributed by atoms with Gasteiger partial charge in [-0.3, -0.25) is 9.97 Å². The van der Waals surface area contributed by atoms with Crippen LogP contribution < -0.4 is 0 Å². The van der Waals surface area contributed by atoms with E-state index in [9.17, 15) is 0 Å². The molecule has 0 atom stereocenters. The molecule has 0 aliphatic rings. The molecule has 186 valence electrons. The van der Waals surface area contributed by atoms with Crippen LogP contribution >= 0.6 is 22.7 Å². The number of pyridine rings is 2. The average Bonchev–Trinajstić information content (AvgIpc) is 3.67. The highest BCUT2D eigenvalue weighted by Crippen LogP contribution is 2.43. The molecule has 0 saturated carbocycles. The van der Waals surface area contributed by atoms with Crippen LogP contribution in [0.3, 0.4) is 0 Å². The molecule has 9 aromatic rings. The lowest BCUT2D eigenvalue weighted by molar-refractivity contribution is 1.33. The number of nitrogens with zero attached hydrogens (tertiary/aromatic N) is 2. The van der Waals surface area contributed by atoms with E-state index in [2.05, 4.69) is 106 Å². The number of rotatable bonds is 2. The summed E-state index contributed by atoms with van der Waals surface area (Å²) >= 11 is 3.61. The van der Waals surface area contributed by atoms with Crippen molar-refractivity contribution in [2.75, 3.05) is 0 Å². The SMILES string of the molecule is c1cc(-c2cc3cc4cc(-c5ccncc5)c5cc6ccsc6cc5c4cc3c3cc4sccc4cc23)ccn1. The number of hydrogen-bond donors (Lipinski definition) is 0. The van der Waals surface area contributed by atoms with E-state index >= 15 is 0 Å². The molecule has 0 N–H and O–H groups in total. The fraction of sp³-hybridized carbons (Fsp3) is 0. The Balaban J connectivity index is 1.47. The molecule has 0 radical (unpaired) electrons. The monoisotopic (exact) mass is 544 g/mol. The third-order valence-corrected chi connectivity index (χ3v) is 9.91. The predicted molar refractivity (Wildman–Crippen MR) is 174 cm³/mol. The Hall–Kier alpha value is -4.64. The Bertz CT molecular complexity index is 2250. The molecule has 2 nitrogen and oxygen atoms in total. The molecule has 0 bridgehead atoms. The molecular formula is C36H20N2S2. The molecule has 40 heavy (non-hydrogen) atoms. The zero-order valence-electron chi connectivity index (χ0n) is 21.3. The Morgan fingerprint density at radius 1 is 0.375 bits per heavy atom. The third-order valence-electron chi connectivity index (χ3n) is 8.15. The van der Waals surface area contributed by atoms with Crippen LogP contribution in [0.15, 0.2) is 120 Å². The summed E-state index contributed by atoms with van der Waals surface area (Å²) in [6, 6.07) is 31.9. The minimum absolute atomic E-state index is 1.19. The van der Waals surface area contributed by atoms with Gasteiger partial charge in [0.2, 0.25) is 0 Å². The minimum Gasteiger partial charge on any atom is -0.265 e. The predicted octanol–water partition coefficient (Wildman–Crippen LogP) is 10.9. The maximum absolute atomic E-state index is 4.28. The van der Waals surface area contributed by atoms with E-state index in [1.807, 2.05) is 24.8 Å². The van der Waals surface area contributed by atoms with E-state index < -0.39 is 0 Å². The van der Waals surface area contributed by atoms with Crippen molar-refractivity contribution >= 4 is 85.9 Å². The maximum Gasteiger partial charge on any atom is 0.0349 e. The number of fused-ring (bicyclic) bond motifs is 8. The van der Waals surface area contributed by atoms with Crippen molar-refractivity contribution < 1.29 is 0 Å². The zero-order chi connectivity index (χ0) is 26.2. The normalized spacial score (nSPS) is 12.0. The van der Waals surface area contributed by atoms with Crippen LogP contribution in [0.1, 0.15) is 0 Å². The summed E-state index contributed by atoms with van der Waals surface area (Å²) in [5.74, 6) is 0. The van der Waals surface area contributed by atoms with Gasteiger partial charge in [0.05, 0.1) is 0 Å². The average molecular weight is 545 g/mol.